The Morgan fingerprint density at radius 2 is 1.81 bits per heavy atom. The number of hydrogen-bond donors (Lipinski definition) is 3. The van der Waals surface area contributed by atoms with Crippen molar-refractivity contribution in [1.29, 1.82) is 5.26 Å². The molecule has 0 bridgehead atoms. The lowest BCUT2D eigenvalue weighted by Crippen LogP contribution is -2.26. The van der Waals surface area contributed by atoms with E-state index < -0.39 is 0 Å². The fourth-order valence-electron chi connectivity index (χ4n) is 1.56. The maximum absolute atomic E-state index is 9.44. The van der Waals surface area contributed by atoms with Gasteiger partial charge >= 0.3 is 0 Å². The highest BCUT2D eigenvalue weighted by molar-refractivity contribution is 6.11. The Labute approximate surface area is 125 Å². The molecule has 1 rings (SSSR count). The van der Waals surface area contributed by atoms with Crippen LogP contribution in [0.25, 0.3) is 0 Å². The summed E-state index contributed by atoms with van der Waals surface area (Å²) in [4.78, 5) is 4.11. The van der Waals surface area contributed by atoms with Crippen LogP contribution in [-0.4, -0.2) is 5.84 Å². The molecule has 0 aliphatic rings. The van der Waals surface area contributed by atoms with Gasteiger partial charge in [0.2, 0.25) is 0 Å². The molecule has 0 spiro atoms. The number of nitrogens with zero attached hydrogens (tertiary/aromatic N) is 2. The highest BCUT2D eigenvalue weighted by atomic mass is 15.0. The van der Waals surface area contributed by atoms with Gasteiger partial charge in [-0.2, -0.15) is 5.26 Å². The number of para-hydroxylation sites is 1. The monoisotopic (exact) mass is 283 g/mol. The summed E-state index contributed by atoms with van der Waals surface area (Å²) in [5, 5.41) is 12.5. The minimum atomic E-state index is -0.361. The van der Waals surface area contributed by atoms with E-state index in [9.17, 15) is 5.26 Å². The number of amidine groups is 1. The second-order valence-electron chi connectivity index (χ2n) is 5.59. The molecule has 110 valence electrons. The van der Waals surface area contributed by atoms with Crippen LogP contribution in [0.4, 0.5) is 5.69 Å². The van der Waals surface area contributed by atoms with Crippen LogP contribution in [0.15, 0.2) is 59.0 Å². The fourth-order valence-corrected chi connectivity index (χ4v) is 1.56. The number of nitriles is 1. The Bertz CT molecular complexity index is 612. The van der Waals surface area contributed by atoms with Gasteiger partial charge in [-0.15, -0.1) is 0 Å². The van der Waals surface area contributed by atoms with Gasteiger partial charge in [-0.05, 0) is 12.1 Å². The molecule has 1 aromatic rings. The average molecular weight is 283 g/mol. The van der Waals surface area contributed by atoms with E-state index in [1.165, 1.54) is 0 Å². The van der Waals surface area contributed by atoms with E-state index in [4.69, 9.17) is 11.5 Å². The molecular weight excluding hydrogens is 262 g/mol. The molecule has 0 radical (unpaired) electrons. The molecule has 5 N–H and O–H groups in total. The molecule has 0 fully saturated rings. The molecule has 0 aromatic heterocycles. The molecule has 0 atom stereocenters. The van der Waals surface area contributed by atoms with Crippen molar-refractivity contribution in [2.24, 2.45) is 21.9 Å². The van der Waals surface area contributed by atoms with Gasteiger partial charge in [0.1, 0.15) is 17.5 Å². The normalized spacial score (nSPS) is 13.1. The predicted molar refractivity (Wildman–Crippen MR) is 87.1 cm³/mol. The van der Waals surface area contributed by atoms with E-state index in [0.29, 0.717) is 11.5 Å². The van der Waals surface area contributed by atoms with E-state index in [1.807, 2.05) is 51.1 Å². The summed E-state index contributed by atoms with van der Waals surface area (Å²) in [6, 6.07) is 11.5. The van der Waals surface area contributed by atoms with E-state index in [0.717, 1.165) is 5.69 Å². The van der Waals surface area contributed by atoms with Crippen molar-refractivity contribution in [3.05, 3.63) is 54.0 Å². The summed E-state index contributed by atoms with van der Waals surface area (Å²) in [5.41, 5.74) is 12.8. The number of hydrogen-bond acceptors (Lipinski definition) is 4. The van der Waals surface area contributed by atoms with Crippen LogP contribution in [0, 0.1) is 16.7 Å². The lowest BCUT2D eigenvalue weighted by atomic mass is 9.89. The largest absolute Gasteiger partial charge is 0.400 e. The van der Waals surface area contributed by atoms with Crippen molar-refractivity contribution < 1.29 is 0 Å². The first kappa shape index (κ1) is 16.3. The molecule has 21 heavy (non-hydrogen) atoms. The molecule has 0 aliphatic heterocycles. The first-order chi connectivity index (χ1) is 9.75. The number of anilines is 1. The molecule has 5 heteroatoms. The highest BCUT2D eigenvalue weighted by Crippen LogP contribution is 2.24. The van der Waals surface area contributed by atoms with Crippen molar-refractivity contribution in [2.45, 2.75) is 20.8 Å². The smallest absolute Gasteiger partial charge is 0.152 e. The van der Waals surface area contributed by atoms with Crippen molar-refractivity contribution in [2.75, 3.05) is 5.32 Å². The summed E-state index contributed by atoms with van der Waals surface area (Å²) in [6.45, 7) is 9.34. The van der Waals surface area contributed by atoms with Gasteiger partial charge in [-0.25, -0.2) is 4.99 Å². The topological polar surface area (TPSA) is 100 Å². The Morgan fingerprint density at radius 3 is 2.24 bits per heavy atom. The lowest BCUT2D eigenvalue weighted by molar-refractivity contribution is 0.496. The zero-order chi connectivity index (χ0) is 16.0. The van der Waals surface area contributed by atoms with Gasteiger partial charge in [-0.1, -0.05) is 45.5 Å². The Hall–Kier alpha value is -2.74. The summed E-state index contributed by atoms with van der Waals surface area (Å²) in [5.74, 6) is 0.395. The summed E-state index contributed by atoms with van der Waals surface area (Å²) in [6.07, 6.45) is 0. The zero-order valence-corrected chi connectivity index (χ0v) is 12.6. The third-order valence-corrected chi connectivity index (χ3v) is 2.72. The average Bonchev–Trinajstić information content (AvgIpc) is 2.38. The maximum Gasteiger partial charge on any atom is 0.152 e. The quantitative estimate of drug-likeness (QED) is 0.451. The molecule has 0 heterocycles. The van der Waals surface area contributed by atoms with E-state index in [2.05, 4.69) is 23.0 Å². The van der Waals surface area contributed by atoms with Crippen LogP contribution in [0.1, 0.15) is 20.8 Å². The van der Waals surface area contributed by atoms with Gasteiger partial charge in [0.05, 0.1) is 0 Å². The Morgan fingerprint density at radius 1 is 1.24 bits per heavy atom. The van der Waals surface area contributed by atoms with Crippen molar-refractivity contribution >= 4 is 11.5 Å². The number of nitrogens with one attached hydrogen (secondary N) is 1. The van der Waals surface area contributed by atoms with Crippen LogP contribution >= 0.6 is 0 Å². The van der Waals surface area contributed by atoms with E-state index >= 15 is 0 Å². The van der Waals surface area contributed by atoms with E-state index in [-0.39, 0.29) is 16.8 Å². The van der Waals surface area contributed by atoms with Crippen molar-refractivity contribution in [3.63, 3.8) is 0 Å². The first-order valence-electron chi connectivity index (χ1n) is 6.51. The number of rotatable bonds is 3. The van der Waals surface area contributed by atoms with E-state index in [1.54, 1.807) is 0 Å². The lowest BCUT2D eigenvalue weighted by Gasteiger charge is -2.21. The molecule has 0 unspecified atom stereocenters. The Balaban J connectivity index is 3.33. The number of allylic oxidation sites excluding steroid dienone is 1. The number of nitrogens with two attached hydrogens (primary N) is 2. The standard InChI is InChI=1S/C16H21N5/c1-11(18)20-15(21-12-8-6-5-7-9-12)13(10-17)14(19)16(2,3)4/h5-9H,1,18-19H2,2-4H3,(H,20,21)/b14-13-. The van der Waals surface area contributed by atoms with Crippen LogP contribution in [0.3, 0.4) is 0 Å². The molecule has 0 amide bonds. The minimum Gasteiger partial charge on any atom is -0.400 e. The highest BCUT2D eigenvalue weighted by Gasteiger charge is 2.22. The zero-order valence-electron chi connectivity index (χ0n) is 12.6. The van der Waals surface area contributed by atoms with Crippen LogP contribution < -0.4 is 16.8 Å². The van der Waals surface area contributed by atoms with Crippen LogP contribution in [0.2, 0.25) is 0 Å². The van der Waals surface area contributed by atoms with Gasteiger partial charge in [0, 0.05) is 16.8 Å². The number of benzene rings is 1. The van der Waals surface area contributed by atoms with Crippen molar-refractivity contribution in [1.82, 2.24) is 0 Å². The molecule has 0 saturated heterocycles. The van der Waals surface area contributed by atoms with Crippen LogP contribution in [-0.2, 0) is 0 Å². The van der Waals surface area contributed by atoms with Gasteiger partial charge in [-0.3, -0.25) is 0 Å². The molecule has 0 saturated carbocycles. The fraction of sp³-hybridized carbons (Fsp3) is 0.250. The third-order valence-electron chi connectivity index (χ3n) is 2.72. The second-order valence-corrected chi connectivity index (χ2v) is 5.59. The summed E-state index contributed by atoms with van der Waals surface area (Å²) in [7, 11) is 0. The van der Waals surface area contributed by atoms with Crippen LogP contribution in [0.5, 0.6) is 0 Å². The molecule has 1 aromatic carbocycles. The molecule has 5 nitrogen and oxygen atoms in total. The van der Waals surface area contributed by atoms with Gasteiger partial charge in [0.25, 0.3) is 0 Å². The predicted octanol–water partition coefficient (Wildman–Crippen LogP) is 2.71. The molecular formula is C16H21N5. The first-order valence-corrected chi connectivity index (χ1v) is 6.51. The molecule has 0 aliphatic carbocycles. The van der Waals surface area contributed by atoms with Crippen molar-refractivity contribution in [3.8, 4) is 6.07 Å². The van der Waals surface area contributed by atoms with Gasteiger partial charge < -0.3 is 16.8 Å². The summed E-state index contributed by atoms with van der Waals surface area (Å²) < 4.78 is 0. The third kappa shape index (κ3) is 4.69. The number of aliphatic imine (C=N–C) groups is 1. The van der Waals surface area contributed by atoms with Gasteiger partial charge in [0.15, 0.2) is 5.84 Å². The second kappa shape index (κ2) is 6.62. The minimum absolute atomic E-state index is 0.0999. The SMILES string of the molecule is C=C(N)N=C(Nc1ccccc1)/C(C#N)=C(\N)C(C)(C)C. The Kier molecular flexibility index (Phi) is 5.14. The maximum atomic E-state index is 9.44. The summed E-state index contributed by atoms with van der Waals surface area (Å²) >= 11 is 0.